The van der Waals surface area contributed by atoms with E-state index in [2.05, 4.69) is 19.1 Å². The van der Waals surface area contributed by atoms with Gasteiger partial charge in [-0.05, 0) is 24.0 Å². The van der Waals surface area contributed by atoms with E-state index in [4.69, 9.17) is 10.0 Å². The van der Waals surface area contributed by atoms with Gasteiger partial charge in [-0.3, -0.25) is 0 Å². The van der Waals surface area contributed by atoms with Crippen LogP contribution in [-0.4, -0.2) is 17.2 Å². The molecule has 1 rings (SSSR count). The average molecular weight is 204 g/mol. The van der Waals surface area contributed by atoms with Crippen molar-refractivity contribution in [1.29, 1.82) is 0 Å². The Labute approximate surface area is 91.4 Å². The number of hydrogen-bond donors (Lipinski definition) is 2. The molecule has 0 aliphatic carbocycles. The van der Waals surface area contributed by atoms with Crippen molar-refractivity contribution in [3.63, 3.8) is 0 Å². The Hall–Kier alpha value is -1.06. The van der Waals surface area contributed by atoms with Gasteiger partial charge in [0.1, 0.15) is 0 Å². The highest BCUT2D eigenvalue weighted by atomic mass is 16.4. The van der Waals surface area contributed by atoms with E-state index in [9.17, 15) is 0 Å². The van der Waals surface area contributed by atoms with Gasteiger partial charge in [0.25, 0.3) is 0 Å². The Bertz CT molecular complexity index is 304. The van der Waals surface area contributed by atoms with E-state index < -0.39 is 7.12 Å². The third-order valence-corrected chi connectivity index (χ3v) is 2.26. The predicted molar refractivity (Wildman–Crippen MR) is 64.3 cm³/mol. The summed E-state index contributed by atoms with van der Waals surface area (Å²) in [5, 5.41) is 17.3. The second-order valence-electron chi connectivity index (χ2n) is 3.62. The molecule has 0 fully saturated rings. The molecule has 0 saturated heterocycles. The van der Waals surface area contributed by atoms with Crippen molar-refractivity contribution >= 4 is 13.2 Å². The fourth-order valence-corrected chi connectivity index (χ4v) is 1.37. The number of hydrogen-bond acceptors (Lipinski definition) is 2. The topological polar surface area (TPSA) is 40.5 Å². The maximum atomic E-state index is 8.65. The van der Waals surface area contributed by atoms with E-state index in [0.717, 1.165) is 12.0 Å². The number of aryl methyl sites for hydroxylation is 1. The highest BCUT2D eigenvalue weighted by Gasteiger charge is 1.98. The zero-order valence-corrected chi connectivity index (χ0v) is 9.06. The molecule has 3 heteroatoms. The lowest BCUT2D eigenvalue weighted by molar-refractivity contribution is 0.424. The summed E-state index contributed by atoms with van der Waals surface area (Å²) in [4.78, 5) is 0. The fraction of sp³-hybridized carbons (Fsp3) is 0.333. The van der Waals surface area contributed by atoms with Crippen molar-refractivity contribution in [2.75, 3.05) is 0 Å². The molecule has 0 atom stereocenters. The number of rotatable bonds is 5. The molecule has 2 N–H and O–H groups in total. The normalized spacial score (nSPS) is 10.9. The van der Waals surface area contributed by atoms with Gasteiger partial charge in [-0.2, -0.15) is 0 Å². The lowest BCUT2D eigenvalue weighted by Gasteiger charge is -2.00. The van der Waals surface area contributed by atoms with Crippen molar-refractivity contribution in [1.82, 2.24) is 0 Å². The summed E-state index contributed by atoms with van der Waals surface area (Å²) in [6.07, 6.45) is 5.24. The minimum Gasteiger partial charge on any atom is -0.424 e. The summed E-state index contributed by atoms with van der Waals surface area (Å²) in [5.74, 6) is 1.35. The van der Waals surface area contributed by atoms with Gasteiger partial charge in [-0.1, -0.05) is 49.7 Å². The molecule has 0 aromatic heterocycles. The molecule has 0 aliphatic rings. The highest BCUT2D eigenvalue weighted by Crippen LogP contribution is 2.09. The molecule has 0 aliphatic heterocycles. The Kier molecular flexibility index (Phi) is 5.15. The second kappa shape index (κ2) is 6.43. The van der Waals surface area contributed by atoms with Crippen molar-refractivity contribution in [2.45, 2.75) is 26.2 Å². The second-order valence-corrected chi connectivity index (χ2v) is 3.62. The SMILES string of the molecule is CCCCc1ccc(/C=C/B(O)O)cc1. The van der Waals surface area contributed by atoms with Crippen LogP contribution in [0.2, 0.25) is 0 Å². The Morgan fingerprint density at radius 2 is 1.87 bits per heavy atom. The first-order valence-electron chi connectivity index (χ1n) is 5.35. The molecular formula is C12H17BO2. The van der Waals surface area contributed by atoms with E-state index in [1.165, 1.54) is 24.4 Å². The molecule has 15 heavy (non-hydrogen) atoms. The van der Waals surface area contributed by atoms with Gasteiger partial charge in [0, 0.05) is 0 Å². The largest absolute Gasteiger partial charge is 0.480 e. The zero-order valence-electron chi connectivity index (χ0n) is 9.06. The van der Waals surface area contributed by atoms with Crippen LogP contribution >= 0.6 is 0 Å². The zero-order chi connectivity index (χ0) is 11.1. The van der Waals surface area contributed by atoms with Crippen LogP contribution in [0.25, 0.3) is 6.08 Å². The average Bonchev–Trinajstić information content (AvgIpc) is 2.25. The van der Waals surface area contributed by atoms with Crippen LogP contribution in [0.5, 0.6) is 0 Å². The third kappa shape index (κ3) is 4.82. The van der Waals surface area contributed by atoms with Gasteiger partial charge in [-0.25, -0.2) is 0 Å². The molecule has 0 unspecified atom stereocenters. The summed E-state index contributed by atoms with van der Waals surface area (Å²) in [7, 11) is -1.37. The maximum Gasteiger partial charge on any atom is 0.480 e. The first-order chi connectivity index (χ1) is 7.22. The number of unbranched alkanes of at least 4 members (excludes halogenated alkanes) is 1. The van der Waals surface area contributed by atoms with Crippen molar-refractivity contribution in [3.8, 4) is 0 Å². The van der Waals surface area contributed by atoms with Gasteiger partial charge in [0.15, 0.2) is 0 Å². The third-order valence-electron chi connectivity index (χ3n) is 2.26. The monoisotopic (exact) mass is 204 g/mol. The summed E-state index contributed by atoms with van der Waals surface area (Å²) in [5.41, 5.74) is 2.32. The van der Waals surface area contributed by atoms with E-state index in [0.29, 0.717) is 0 Å². The first-order valence-corrected chi connectivity index (χ1v) is 5.35. The molecule has 1 aromatic carbocycles. The molecule has 0 bridgehead atoms. The number of benzene rings is 1. The minimum atomic E-state index is -1.37. The fourth-order valence-electron chi connectivity index (χ4n) is 1.37. The van der Waals surface area contributed by atoms with Crippen LogP contribution in [-0.2, 0) is 6.42 Å². The molecule has 80 valence electrons. The molecule has 0 saturated carbocycles. The maximum absolute atomic E-state index is 8.65. The quantitative estimate of drug-likeness (QED) is 0.720. The van der Waals surface area contributed by atoms with E-state index >= 15 is 0 Å². The van der Waals surface area contributed by atoms with Crippen LogP contribution in [0.1, 0.15) is 30.9 Å². The summed E-state index contributed by atoms with van der Waals surface area (Å²) in [6, 6.07) is 8.14. The van der Waals surface area contributed by atoms with Crippen molar-refractivity contribution < 1.29 is 10.0 Å². The molecule has 0 amide bonds. The lowest BCUT2D eigenvalue weighted by Crippen LogP contribution is -2.05. The van der Waals surface area contributed by atoms with Gasteiger partial charge in [0.05, 0.1) is 0 Å². The smallest absolute Gasteiger partial charge is 0.424 e. The lowest BCUT2D eigenvalue weighted by atomic mass is 9.90. The minimum absolute atomic E-state index is 0.989. The molecule has 2 nitrogen and oxygen atoms in total. The summed E-state index contributed by atoms with van der Waals surface area (Å²) >= 11 is 0. The summed E-state index contributed by atoms with van der Waals surface area (Å²) < 4.78 is 0. The van der Waals surface area contributed by atoms with Gasteiger partial charge >= 0.3 is 7.12 Å². The van der Waals surface area contributed by atoms with Crippen LogP contribution in [0.4, 0.5) is 0 Å². The van der Waals surface area contributed by atoms with Gasteiger partial charge in [0.2, 0.25) is 0 Å². The van der Waals surface area contributed by atoms with Gasteiger partial charge in [-0.15, -0.1) is 0 Å². The van der Waals surface area contributed by atoms with E-state index in [1.807, 2.05) is 12.1 Å². The van der Waals surface area contributed by atoms with E-state index in [1.54, 1.807) is 6.08 Å². The molecule has 0 spiro atoms. The van der Waals surface area contributed by atoms with Gasteiger partial charge < -0.3 is 10.0 Å². The Morgan fingerprint density at radius 1 is 1.20 bits per heavy atom. The van der Waals surface area contributed by atoms with Crippen LogP contribution in [0.3, 0.4) is 0 Å². The van der Waals surface area contributed by atoms with E-state index in [-0.39, 0.29) is 0 Å². The van der Waals surface area contributed by atoms with Crippen LogP contribution in [0.15, 0.2) is 30.2 Å². The van der Waals surface area contributed by atoms with Crippen molar-refractivity contribution in [2.24, 2.45) is 0 Å². The molecular weight excluding hydrogens is 187 g/mol. The first kappa shape index (κ1) is 12.0. The standard InChI is InChI=1S/C12H17BO2/c1-2-3-4-11-5-7-12(8-6-11)9-10-13(14)15/h5-10,14-15H,2-4H2,1H3/b10-9+. The Balaban J connectivity index is 2.56. The molecule has 0 heterocycles. The molecule has 0 radical (unpaired) electrons. The van der Waals surface area contributed by atoms with Crippen molar-refractivity contribution in [3.05, 3.63) is 41.4 Å². The van der Waals surface area contributed by atoms with Crippen LogP contribution < -0.4 is 0 Å². The predicted octanol–water partition coefficient (Wildman–Crippen LogP) is 2.05. The Morgan fingerprint density at radius 3 is 2.40 bits per heavy atom. The molecule has 1 aromatic rings. The summed E-state index contributed by atoms with van der Waals surface area (Å²) in [6.45, 7) is 2.18. The van der Waals surface area contributed by atoms with Crippen LogP contribution in [0, 0.1) is 0 Å². The highest BCUT2D eigenvalue weighted by molar-refractivity contribution is 6.48.